The van der Waals surface area contributed by atoms with Gasteiger partial charge in [0.1, 0.15) is 11.8 Å². The molecule has 4 amide bonds. The van der Waals surface area contributed by atoms with Crippen LogP contribution in [0.3, 0.4) is 0 Å². The number of benzene rings is 2. The summed E-state index contributed by atoms with van der Waals surface area (Å²) in [7, 11) is 0. The molecule has 1 fully saturated rings. The average molecular weight is 486 g/mol. The highest BCUT2D eigenvalue weighted by molar-refractivity contribution is 6.05. The first kappa shape index (κ1) is 22.0. The van der Waals surface area contributed by atoms with Crippen molar-refractivity contribution in [3.63, 3.8) is 0 Å². The van der Waals surface area contributed by atoms with Crippen LogP contribution in [0.2, 0.25) is 0 Å². The minimum absolute atomic E-state index is 0.0650. The largest absolute Gasteiger partial charge is 0.493 e. The summed E-state index contributed by atoms with van der Waals surface area (Å²) >= 11 is 0. The van der Waals surface area contributed by atoms with Crippen molar-refractivity contribution >= 4 is 23.6 Å². The maximum absolute atomic E-state index is 13.1. The van der Waals surface area contributed by atoms with Crippen LogP contribution in [0.4, 0.5) is 0 Å². The van der Waals surface area contributed by atoms with E-state index >= 15 is 0 Å². The fourth-order valence-corrected chi connectivity index (χ4v) is 4.88. The van der Waals surface area contributed by atoms with Crippen molar-refractivity contribution in [3.8, 4) is 11.4 Å². The van der Waals surface area contributed by atoms with Crippen molar-refractivity contribution < 1.29 is 23.9 Å². The number of carbonyl (C=O) groups is 4. The second-order valence-corrected chi connectivity index (χ2v) is 9.05. The van der Waals surface area contributed by atoms with Gasteiger partial charge in [-0.05, 0) is 30.2 Å². The molecule has 11 nitrogen and oxygen atoms in total. The highest BCUT2D eigenvalue weighted by atomic mass is 16.5. The summed E-state index contributed by atoms with van der Waals surface area (Å²) in [5.41, 5.74) is 3.02. The number of carbonyl (C=O) groups excluding carboxylic acids is 4. The van der Waals surface area contributed by atoms with E-state index in [0.29, 0.717) is 37.4 Å². The van der Waals surface area contributed by atoms with Crippen molar-refractivity contribution in [2.24, 2.45) is 0 Å². The molecule has 2 aromatic carbocycles. The Morgan fingerprint density at radius 1 is 1.17 bits per heavy atom. The number of amides is 4. The zero-order valence-electron chi connectivity index (χ0n) is 19.1. The topological polar surface area (TPSA) is 136 Å². The third-order valence-corrected chi connectivity index (χ3v) is 6.81. The Morgan fingerprint density at radius 3 is 2.89 bits per heavy atom. The Morgan fingerprint density at radius 2 is 2.03 bits per heavy atom. The minimum atomic E-state index is -0.676. The van der Waals surface area contributed by atoms with Crippen molar-refractivity contribution in [1.29, 1.82) is 0 Å². The van der Waals surface area contributed by atoms with Crippen molar-refractivity contribution in [2.75, 3.05) is 13.2 Å². The number of hydrogen-bond donors (Lipinski definition) is 2. The van der Waals surface area contributed by atoms with Crippen molar-refractivity contribution in [1.82, 2.24) is 30.5 Å². The molecule has 6 rings (SSSR count). The molecule has 3 aromatic rings. The molecule has 1 aromatic heterocycles. The van der Waals surface area contributed by atoms with Gasteiger partial charge in [0.25, 0.3) is 11.8 Å². The molecule has 36 heavy (non-hydrogen) atoms. The zero-order valence-corrected chi connectivity index (χ0v) is 19.1. The molecule has 0 saturated carbocycles. The molecule has 2 unspecified atom stereocenters. The second-order valence-electron chi connectivity index (χ2n) is 9.05. The number of nitrogens with one attached hydrogen (secondary N) is 2. The highest BCUT2D eigenvalue weighted by Crippen LogP contribution is 2.33. The number of hydrogen-bond acceptors (Lipinski definition) is 7. The summed E-state index contributed by atoms with van der Waals surface area (Å²) in [6.07, 6.45) is 2.01. The van der Waals surface area contributed by atoms with E-state index in [2.05, 4.69) is 20.9 Å². The number of aromatic nitrogens is 3. The number of fused-ring (bicyclic) bond motifs is 2. The van der Waals surface area contributed by atoms with Gasteiger partial charge in [-0.2, -0.15) is 0 Å². The van der Waals surface area contributed by atoms with Gasteiger partial charge in [0.2, 0.25) is 11.8 Å². The van der Waals surface area contributed by atoms with Gasteiger partial charge >= 0.3 is 0 Å². The molecule has 2 N–H and O–H groups in total. The molecule has 0 spiro atoms. The van der Waals surface area contributed by atoms with Crippen LogP contribution < -0.4 is 15.4 Å². The van der Waals surface area contributed by atoms with Gasteiger partial charge in [0, 0.05) is 36.6 Å². The predicted octanol–water partition coefficient (Wildman–Crippen LogP) is 0.934. The first-order valence-electron chi connectivity index (χ1n) is 11.7. The van der Waals surface area contributed by atoms with E-state index < -0.39 is 11.9 Å². The summed E-state index contributed by atoms with van der Waals surface area (Å²) in [5, 5.41) is 13.2. The molecule has 0 aliphatic carbocycles. The molecule has 3 aliphatic heterocycles. The highest BCUT2D eigenvalue weighted by Gasteiger charge is 2.39. The van der Waals surface area contributed by atoms with Gasteiger partial charge in [-0.1, -0.05) is 29.5 Å². The molecule has 11 heteroatoms. The Bertz CT molecular complexity index is 1420. The van der Waals surface area contributed by atoms with Crippen LogP contribution in [-0.2, 0) is 16.1 Å². The van der Waals surface area contributed by atoms with Crippen LogP contribution >= 0.6 is 0 Å². The average Bonchev–Trinajstić information content (AvgIpc) is 3.60. The molecule has 4 heterocycles. The van der Waals surface area contributed by atoms with Crippen molar-refractivity contribution in [2.45, 2.75) is 31.3 Å². The number of ether oxygens (including phenoxy) is 1. The number of nitrogens with zero attached hydrogens (tertiary/aromatic N) is 4. The van der Waals surface area contributed by atoms with Crippen molar-refractivity contribution in [3.05, 3.63) is 71.0 Å². The van der Waals surface area contributed by atoms with E-state index in [1.807, 2.05) is 24.3 Å². The molecular formula is C25H22N6O5. The maximum atomic E-state index is 13.1. The summed E-state index contributed by atoms with van der Waals surface area (Å²) in [4.78, 5) is 50.9. The SMILES string of the molecule is O=C1CCC(N2Cc3ccc(-n4cc(C(=O)NCC5COc6ccccc65)nn4)cc3C2=O)C(=O)N1. The lowest BCUT2D eigenvalue weighted by Crippen LogP contribution is -2.52. The Hall–Kier alpha value is -4.54. The van der Waals surface area contributed by atoms with Gasteiger partial charge in [0.05, 0.1) is 18.5 Å². The van der Waals surface area contributed by atoms with Crippen LogP contribution in [0, 0.1) is 0 Å². The van der Waals surface area contributed by atoms with E-state index in [1.165, 1.54) is 15.8 Å². The quantitative estimate of drug-likeness (QED) is 0.512. The van der Waals surface area contributed by atoms with Crippen LogP contribution in [0.15, 0.2) is 48.7 Å². The van der Waals surface area contributed by atoms with Crippen LogP contribution in [0.1, 0.15) is 50.7 Å². The fourth-order valence-electron chi connectivity index (χ4n) is 4.88. The standard InChI is InChI=1S/C25H22N6O5/c32-22-8-7-20(24(34)27-22)30-11-14-5-6-16(9-18(14)25(30)35)31-12-19(28-29-31)23(33)26-10-15-13-36-21-4-2-1-3-17(15)21/h1-6,9,12,15,20H,7-8,10-11,13H2,(H,26,33)(H,27,32,34). The first-order chi connectivity index (χ1) is 17.5. The Labute approximate surface area is 205 Å². The molecular weight excluding hydrogens is 464 g/mol. The number of para-hydroxylation sites is 1. The van der Waals surface area contributed by atoms with Gasteiger partial charge in [-0.25, -0.2) is 4.68 Å². The number of piperidine rings is 1. The summed E-state index contributed by atoms with van der Waals surface area (Å²) in [6.45, 7) is 1.21. The van der Waals surface area contributed by atoms with E-state index in [9.17, 15) is 19.2 Å². The Kier molecular flexibility index (Phi) is 5.24. The lowest BCUT2D eigenvalue weighted by Gasteiger charge is -2.29. The number of rotatable bonds is 5. The smallest absolute Gasteiger partial charge is 0.273 e. The minimum Gasteiger partial charge on any atom is -0.493 e. The number of imide groups is 1. The Balaban J connectivity index is 1.14. The molecule has 0 bridgehead atoms. The lowest BCUT2D eigenvalue weighted by atomic mass is 10.0. The molecule has 3 aliphatic rings. The van der Waals surface area contributed by atoms with Crippen LogP contribution in [0.25, 0.3) is 5.69 Å². The summed E-state index contributed by atoms with van der Waals surface area (Å²) in [5.74, 6) is -0.507. The van der Waals surface area contributed by atoms with Gasteiger partial charge in [0.15, 0.2) is 5.69 Å². The monoisotopic (exact) mass is 486 g/mol. The van der Waals surface area contributed by atoms with Gasteiger partial charge < -0.3 is 15.0 Å². The van der Waals surface area contributed by atoms with Crippen LogP contribution in [0.5, 0.6) is 5.75 Å². The first-order valence-corrected chi connectivity index (χ1v) is 11.7. The fraction of sp³-hybridized carbons (Fsp3) is 0.280. The lowest BCUT2D eigenvalue weighted by molar-refractivity contribution is -0.136. The normalized spacial score (nSPS) is 20.6. The molecule has 0 radical (unpaired) electrons. The van der Waals surface area contributed by atoms with Gasteiger partial charge in [-0.15, -0.1) is 5.10 Å². The maximum Gasteiger partial charge on any atom is 0.273 e. The van der Waals surface area contributed by atoms with Gasteiger partial charge in [-0.3, -0.25) is 24.5 Å². The van der Waals surface area contributed by atoms with Crippen LogP contribution in [-0.4, -0.2) is 62.7 Å². The second kappa shape index (κ2) is 8.59. The van der Waals surface area contributed by atoms with E-state index in [0.717, 1.165) is 16.9 Å². The molecule has 2 atom stereocenters. The van der Waals surface area contributed by atoms with E-state index in [1.54, 1.807) is 18.2 Å². The van der Waals surface area contributed by atoms with E-state index in [-0.39, 0.29) is 35.8 Å². The molecule has 1 saturated heterocycles. The zero-order chi connectivity index (χ0) is 24.8. The summed E-state index contributed by atoms with van der Waals surface area (Å²) < 4.78 is 7.10. The molecule has 182 valence electrons. The third kappa shape index (κ3) is 3.78. The predicted molar refractivity (Wildman–Crippen MR) is 124 cm³/mol. The summed E-state index contributed by atoms with van der Waals surface area (Å²) in [6, 6.07) is 12.3. The van der Waals surface area contributed by atoms with E-state index in [4.69, 9.17) is 4.74 Å². The third-order valence-electron chi connectivity index (χ3n) is 6.81.